The van der Waals surface area contributed by atoms with E-state index in [2.05, 4.69) is 20.5 Å². The van der Waals surface area contributed by atoms with Gasteiger partial charge in [-0.25, -0.2) is 0 Å². The normalized spacial score (nSPS) is 17.6. The zero-order valence-corrected chi connectivity index (χ0v) is 19.6. The van der Waals surface area contributed by atoms with Crippen LogP contribution in [-0.2, 0) is 0 Å². The molecule has 2 fully saturated rings. The van der Waals surface area contributed by atoms with Crippen molar-refractivity contribution >= 4 is 29.9 Å². The molecule has 0 heterocycles. The average molecular weight is 502 g/mol. The number of halogens is 1. The first kappa shape index (κ1) is 23.1. The van der Waals surface area contributed by atoms with E-state index in [9.17, 15) is 0 Å². The van der Waals surface area contributed by atoms with E-state index >= 15 is 0 Å². The van der Waals surface area contributed by atoms with E-state index in [4.69, 9.17) is 9.47 Å². The third kappa shape index (κ3) is 7.66. The molecule has 2 aliphatic rings. The Morgan fingerprint density at radius 2 is 1.89 bits per heavy atom. The number of methoxy groups -OCH3 is 1. The van der Waals surface area contributed by atoms with Crippen LogP contribution in [0.1, 0.15) is 32.6 Å². The van der Waals surface area contributed by atoms with E-state index in [1.807, 2.05) is 38.2 Å². The van der Waals surface area contributed by atoms with Crippen LogP contribution in [0.4, 0.5) is 0 Å². The van der Waals surface area contributed by atoms with Crippen molar-refractivity contribution in [2.45, 2.75) is 44.8 Å². The lowest BCUT2D eigenvalue weighted by Gasteiger charge is -2.23. The number of para-hydroxylation sites is 2. The molecule has 0 bridgehead atoms. The summed E-state index contributed by atoms with van der Waals surface area (Å²) in [5.41, 5.74) is 0. The van der Waals surface area contributed by atoms with Crippen LogP contribution < -0.4 is 20.1 Å². The summed E-state index contributed by atoms with van der Waals surface area (Å²) in [6, 6.07) is 8.55. The van der Waals surface area contributed by atoms with Crippen molar-refractivity contribution in [2.75, 3.05) is 40.3 Å². The molecular weight excluding hydrogens is 467 g/mol. The van der Waals surface area contributed by atoms with Crippen molar-refractivity contribution < 1.29 is 9.47 Å². The van der Waals surface area contributed by atoms with Crippen LogP contribution >= 0.6 is 24.0 Å². The Kier molecular flexibility index (Phi) is 9.64. The Morgan fingerprint density at radius 3 is 2.50 bits per heavy atom. The van der Waals surface area contributed by atoms with Crippen molar-refractivity contribution in [1.29, 1.82) is 0 Å². The number of nitrogens with one attached hydrogen (secondary N) is 2. The maximum Gasteiger partial charge on any atom is 0.191 e. The highest BCUT2D eigenvalue weighted by atomic mass is 127. The predicted molar refractivity (Wildman–Crippen MR) is 125 cm³/mol. The first-order chi connectivity index (χ1) is 13.2. The van der Waals surface area contributed by atoms with Crippen LogP contribution in [-0.4, -0.2) is 63.3 Å². The molecule has 0 radical (unpaired) electrons. The Labute approximate surface area is 186 Å². The highest BCUT2D eigenvalue weighted by molar-refractivity contribution is 14.0. The van der Waals surface area contributed by atoms with E-state index in [1.165, 1.54) is 32.2 Å². The summed E-state index contributed by atoms with van der Waals surface area (Å²) >= 11 is 0. The first-order valence-electron chi connectivity index (χ1n) is 10.2. The predicted octanol–water partition coefficient (Wildman–Crippen LogP) is 3.12. The van der Waals surface area contributed by atoms with E-state index in [0.717, 1.165) is 42.5 Å². The fourth-order valence-corrected chi connectivity index (χ4v) is 3.25. The number of hydrogen-bond acceptors (Lipinski definition) is 4. The van der Waals surface area contributed by atoms with Crippen LogP contribution in [0, 0.1) is 5.92 Å². The number of rotatable bonds is 11. The van der Waals surface area contributed by atoms with Gasteiger partial charge >= 0.3 is 0 Å². The van der Waals surface area contributed by atoms with Gasteiger partial charge < -0.3 is 20.1 Å². The van der Waals surface area contributed by atoms with Crippen molar-refractivity contribution in [3.05, 3.63) is 24.3 Å². The molecule has 28 heavy (non-hydrogen) atoms. The van der Waals surface area contributed by atoms with Gasteiger partial charge in [-0.15, -0.1) is 24.0 Å². The average Bonchev–Trinajstić information content (AvgIpc) is 3.57. The largest absolute Gasteiger partial charge is 0.493 e. The van der Waals surface area contributed by atoms with Gasteiger partial charge in [-0.1, -0.05) is 12.1 Å². The number of hydrogen-bond donors (Lipinski definition) is 2. The van der Waals surface area contributed by atoms with Crippen LogP contribution in [0.15, 0.2) is 29.3 Å². The van der Waals surface area contributed by atoms with Gasteiger partial charge in [0.15, 0.2) is 17.5 Å². The molecule has 2 N–H and O–H groups in total. The standard InChI is InChI=1S/C21H34N4O2.HI/c1-16(27-20-7-5-4-6-19(20)26-3)14-24-21(22-2)23-12-13-25(18-10-11-18)15-17-8-9-17;/h4-7,16-18H,8-15H2,1-3H3,(H2,22,23,24);1H. The first-order valence-corrected chi connectivity index (χ1v) is 10.2. The zero-order chi connectivity index (χ0) is 19.1. The highest BCUT2D eigenvalue weighted by Crippen LogP contribution is 2.34. The topological polar surface area (TPSA) is 58.1 Å². The van der Waals surface area contributed by atoms with Gasteiger partial charge in [0.05, 0.1) is 13.7 Å². The maximum absolute atomic E-state index is 5.99. The lowest BCUT2D eigenvalue weighted by Crippen LogP contribution is -2.45. The molecule has 3 rings (SSSR count). The van der Waals surface area contributed by atoms with Gasteiger partial charge in [-0.2, -0.15) is 0 Å². The van der Waals surface area contributed by atoms with Crippen LogP contribution in [0.3, 0.4) is 0 Å². The summed E-state index contributed by atoms with van der Waals surface area (Å²) in [4.78, 5) is 6.99. The van der Waals surface area contributed by atoms with Gasteiger partial charge in [-0.05, 0) is 50.7 Å². The fourth-order valence-electron chi connectivity index (χ4n) is 3.25. The quantitative estimate of drug-likeness (QED) is 0.277. The number of nitrogens with zero attached hydrogens (tertiary/aromatic N) is 2. The Bertz CT molecular complexity index is 620. The SMILES string of the molecule is CN=C(NCCN(CC1CC1)C1CC1)NCC(C)Oc1ccccc1OC.I. The lowest BCUT2D eigenvalue weighted by molar-refractivity contribution is 0.213. The number of aliphatic imine (C=N–C) groups is 1. The van der Waals surface area contributed by atoms with Crippen LogP contribution in [0.5, 0.6) is 11.5 Å². The second kappa shape index (κ2) is 11.7. The van der Waals surface area contributed by atoms with E-state index < -0.39 is 0 Å². The Balaban J connectivity index is 0.00000280. The van der Waals surface area contributed by atoms with Crippen molar-refractivity contribution in [3.63, 3.8) is 0 Å². The van der Waals surface area contributed by atoms with E-state index in [0.29, 0.717) is 6.54 Å². The molecule has 1 atom stereocenters. The molecule has 1 aromatic carbocycles. The molecule has 6 nitrogen and oxygen atoms in total. The lowest BCUT2D eigenvalue weighted by atomic mass is 10.3. The summed E-state index contributed by atoms with van der Waals surface area (Å²) in [7, 11) is 3.47. The Hall–Kier alpha value is -1.22. The molecule has 1 aromatic rings. The molecule has 0 saturated heterocycles. The third-order valence-corrected chi connectivity index (χ3v) is 5.12. The minimum absolute atomic E-state index is 0. The zero-order valence-electron chi connectivity index (χ0n) is 17.3. The van der Waals surface area contributed by atoms with Gasteiger partial charge in [0.1, 0.15) is 6.10 Å². The van der Waals surface area contributed by atoms with Crippen molar-refractivity contribution in [1.82, 2.24) is 15.5 Å². The summed E-state index contributed by atoms with van der Waals surface area (Å²) in [5, 5.41) is 6.79. The summed E-state index contributed by atoms with van der Waals surface area (Å²) in [6.45, 7) is 6.01. The van der Waals surface area contributed by atoms with Crippen LogP contribution in [0.25, 0.3) is 0 Å². The monoisotopic (exact) mass is 502 g/mol. The molecular formula is C21H35IN4O2. The molecule has 2 aliphatic carbocycles. The molecule has 2 saturated carbocycles. The second-order valence-electron chi connectivity index (χ2n) is 7.63. The van der Waals surface area contributed by atoms with E-state index in [-0.39, 0.29) is 30.1 Å². The number of ether oxygens (including phenoxy) is 2. The smallest absolute Gasteiger partial charge is 0.191 e. The molecule has 158 valence electrons. The number of benzene rings is 1. The van der Waals surface area contributed by atoms with E-state index in [1.54, 1.807) is 7.11 Å². The van der Waals surface area contributed by atoms with Gasteiger partial charge in [0, 0.05) is 32.7 Å². The van der Waals surface area contributed by atoms with Crippen molar-refractivity contribution in [2.24, 2.45) is 10.9 Å². The molecule has 1 unspecified atom stereocenters. The highest BCUT2D eigenvalue weighted by Gasteiger charge is 2.33. The summed E-state index contributed by atoms with van der Waals surface area (Å²) in [5.74, 6) is 3.30. The van der Waals surface area contributed by atoms with Crippen molar-refractivity contribution in [3.8, 4) is 11.5 Å². The molecule has 0 amide bonds. The summed E-state index contributed by atoms with van der Waals surface area (Å²) < 4.78 is 11.3. The van der Waals surface area contributed by atoms with Crippen LogP contribution in [0.2, 0.25) is 0 Å². The van der Waals surface area contributed by atoms with Gasteiger partial charge in [0.2, 0.25) is 0 Å². The minimum atomic E-state index is -0.00215. The molecule has 7 heteroatoms. The molecule has 0 spiro atoms. The minimum Gasteiger partial charge on any atom is -0.493 e. The molecule has 0 aliphatic heterocycles. The fraction of sp³-hybridized carbons (Fsp3) is 0.667. The Morgan fingerprint density at radius 1 is 1.18 bits per heavy atom. The maximum atomic E-state index is 5.99. The second-order valence-corrected chi connectivity index (χ2v) is 7.63. The third-order valence-electron chi connectivity index (χ3n) is 5.12. The number of guanidine groups is 1. The summed E-state index contributed by atoms with van der Waals surface area (Å²) in [6.07, 6.45) is 5.58. The molecule has 0 aromatic heterocycles. The van der Waals surface area contributed by atoms with Gasteiger partial charge in [-0.3, -0.25) is 9.89 Å². The van der Waals surface area contributed by atoms with Gasteiger partial charge in [0.25, 0.3) is 0 Å².